The first-order valence-electron chi connectivity index (χ1n) is 4.01. The minimum absolute atomic E-state index is 0. The van der Waals surface area contributed by atoms with Gasteiger partial charge in [0.2, 0.25) is 0 Å². The molecule has 0 aromatic carbocycles. The van der Waals surface area contributed by atoms with E-state index in [2.05, 4.69) is 27.2 Å². The van der Waals surface area contributed by atoms with Crippen LogP contribution in [-0.4, -0.2) is 19.5 Å². The van der Waals surface area contributed by atoms with E-state index in [0.29, 0.717) is 11.8 Å². The van der Waals surface area contributed by atoms with Crippen molar-refractivity contribution < 1.29 is 171 Å². The van der Waals surface area contributed by atoms with E-state index in [1.54, 1.807) is 7.11 Å². The first kappa shape index (κ1) is 38.1. The van der Waals surface area contributed by atoms with Crippen LogP contribution in [0.2, 0.25) is 0 Å². The largest absolute Gasteiger partial charge is 0.412 e. The maximum atomic E-state index is 5.43. The number of hydrogen-bond acceptors (Lipinski definition) is 2. The van der Waals surface area contributed by atoms with E-state index >= 15 is 0 Å². The smallest absolute Gasteiger partial charge is 0.0353 e. The van der Waals surface area contributed by atoms with Crippen LogP contribution in [-0.2, 0) is 171 Å². The second kappa shape index (κ2) is 21.3. The van der Waals surface area contributed by atoms with E-state index in [0.717, 1.165) is 0 Å². The number of methoxy groups -OCH3 is 1. The molecule has 0 amide bonds. The summed E-state index contributed by atoms with van der Waals surface area (Å²) in [6.07, 6.45) is 1.97. The summed E-state index contributed by atoms with van der Waals surface area (Å²) in [5, 5.41) is 0. The Morgan fingerprint density at radius 2 is 1.47 bits per heavy atom. The number of ether oxygens (including phenoxy) is 2. The van der Waals surface area contributed by atoms with Crippen LogP contribution in [0.15, 0.2) is 0 Å². The Morgan fingerprint density at radius 3 is 1.76 bits per heavy atom. The molecule has 0 aromatic rings. The molecule has 0 N–H and O–H groups in total. The van der Waals surface area contributed by atoms with Gasteiger partial charge in [-0.05, 0) is 0 Å². The average Bonchev–Trinajstić information content (AvgIpc) is 1.99. The van der Waals surface area contributed by atoms with Gasteiger partial charge in [0.05, 0.1) is 0 Å². The summed E-state index contributed by atoms with van der Waals surface area (Å²) in [5.74, 6) is 1.01. The maximum absolute atomic E-state index is 5.43. The van der Waals surface area contributed by atoms with Gasteiger partial charge in [0, 0.05) is 175 Å². The number of rotatable bonds is 1. The van der Waals surface area contributed by atoms with E-state index in [1.807, 2.05) is 0 Å². The molecule has 1 rings (SSSR count). The standard InChI is InChI=1S/C9H16O2.3W.3Y/c1-6-5-9(10-4)11-8(3)7(6)2;;;;;;/h5-9H,3H2,1-2,4H3;;;;;;/q-2;;;;;;/t6?,7-,8?,9-;;;;;;/m1....../s1. The van der Waals surface area contributed by atoms with Gasteiger partial charge in [0.25, 0.3) is 0 Å². The van der Waals surface area contributed by atoms with E-state index in [9.17, 15) is 0 Å². The van der Waals surface area contributed by atoms with E-state index < -0.39 is 0 Å². The molecular formula is C9H16O2W3Y3-2. The molecule has 4 atom stereocenters. The molecule has 8 heteroatoms. The van der Waals surface area contributed by atoms with Gasteiger partial charge in [0.1, 0.15) is 0 Å². The Labute approximate surface area is 224 Å². The molecule has 1 aliphatic heterocycles. The van der Waals surface area contributed by atoms with Crippen LogP contribution in [0.4, 0.5) is 0 Å². The van der Waals surface area contributed by atoms with Gasteiger partial charge in [-0.1, -0.05) is 25.9 Å². The molecule has 0 spiro atoms. The molecule has 1 fully saturated rings. The summed E-state index contributed by atoms with van der Waals surface area (Å²) in [6, 6.07) is 0. The van der Waals surface area contributed by atoms with Crippen molar-refractivity contribution in [1.82, 2.24) is 0 Å². The van der Waals surface area contributed by atoms with Gasteiger partial charge in [-0.15, -0.1) is 0 Å². The molecule has 2 unspecified atom stereocenters. The molecule has 0 saturated carbocycles. The average molecular weight is 974 g/mol. The Hall–Kier alpha value is 5.30. The fraction of sp³-hybridized carbons (Fsp3) is 0.778. The molecule has 0 aliphatic carbocycles. The van der Waals surface area contributed by atoms with Crippen LogP contribution in [0, 0.1) is 25.2 Å². The van der Waals surface area contributed by atoms with E-state index in [-0.39, 0.29) is 174 Å². The van der Waals surface area contributed by atoms with Gasteiger partial charge in [0.15, 0.2) is 0 Å². The molecular weight excluding hydrogens is 958 g/mol. The topological polar surface area (TPSA) is 18.5 Å². The second-order valence-corrected chi connectivity index (χ2v) is 3.19. The normalized spacial score (nSPS) is 29.6. The third-order valence-corrected chi connectivity index (χ3v) is 2.42. The number of hydrogen-bond donors (Lipinski definition) is 0. The second-order valence-electron chi connectivity index (χ2n) is 3.19. The Balaban J connectivity index is -0.0000000504. The van der Waals surface area contributed by atoms with Crippen LogP contribution in [0.25, 0.3) is 0 Å². The molecule has 1 heterocycles. The van der Waals surface area contributed by atoms with Gasteiger partial charge >= 0.3 is 0 Å². The summed E-state index contributed by atoms with van der Waals surface area (Å²) in [7, 11) is 1.65. The summed E-state index contributed by atoms with van der Waals surface area (Å²) < 4.78 is 10.5. The van der Waals surface area contributed by atoms with Crippen molar-refractivity contribution in [2.24, 2.45) is 11.8 Å². The van der Waals surface area contributed by atoms with Crippen LogP contribution >= 0.6 is 0 Å². The van der Waals surface area contributed by atoms with Crippen molar-refractivity contribution in [2.45, 2.75) is 26.2 Å². The van der Waals surface area contributed by atoms with Crippen LogP contribution in [0.5, 0.6) is 0 Å². The Kier molecular flexibility index (Phi) is 47.7. The quantitative estimate of drug-likeness (QED) is 0.373. The predicted molar refractivity (Wildman–Crippen MR) is 43.7 cm³/mol. The fourth-order valence-electron chi connectivity index (χ4n) is 1.24. The van der Waals surface area contributed by atoms with Gasteiger partial charge in [-0.2, -0.15) is 5.92 Å². The Bertz CT molecular complexity index is 135. The summed E-state index contributed by atoms with van der Waals surface area (Å²) in [5.41, 5.74) is 0. The molecule has 1 aliphatic rings. The molecule has 3 radical (unpaired) electrons. The van der Waals surface area contributed by atoms with Gasteiger partial charge in [-0.3, -0.25) is 6.42 Å². The summed E-state index contributed by atoms with van der Waals surface area (Å²) >= 11 is 0. The third-order valence-electron chi connectivity index (χ3n) is 2.42. The zero-order chi connectivity index (χ0) is 8.43. The van der Waals surface area contributed by atoms with Crippen molar-refractivity contribution in [1.29, 1.82) is 0 Å². The van der Waals surface area contributed by atoms with Crippen LogP contribution in [0.1, 0.15) is 13.8 Å². The van der Waals surface area contributed by atoms with Gasteiger partial charge < -0.3 is 16.4 Å². The summed E-state index contributed by atoms with van der Waals surface area (Å²) in [6.45, 7) is 8.21. The zero-order valence-electron chi connectivity index (χ0n) is 10.4. The van der Waals surface area contributed by atoms with Crippen molar-refractivity contribution in [3.63, 3.8) is 0 Å². The minimum atomic E-state index is -0.163. The van der Waals surface area contributed by atoms with Crippen LogP contribution < -0.4 is 0 Å². The predicted octanol–water partition coefficient (Wildman–Crippen LogP) is 1.65. The fourth-order valence-corrected chi connectivity index (χ4v) is 1.24. The first-order chi connectivity index (χ1) is 5.15. The van der Waals surface area contributed by atoms with Crippen molar-refractivity contribution in [3.05, 3.63) is 13.3 Å². The molecule has 93 valence electrons. The first-order valence-corrected chi connectivity index (χ1v) is 4.01. The molecule has 0 bridgehead atoms. The minimum Gasteiger partial charge on any atom is -0.412 e. The van der Waals surface area contributed by atoms with Crippen LogP contribution in [0.3, 0.4) is 0 Å². The summed E-state index contributed by atoms with van der Waals surface area (Å²) in [4.78, 5) is 0. The molecule has 17 heavy (non-hydrogen) atoms. The molecule has 0 aromatic heterocycles. The molecule has 2 nitrogen and oxygen atoms in total. The SMILES string of the molecule is [CH2-]C1O[C@@H](OC)[CH-]C(C)[C@H]1C.[W].[W].[W].[Y].[Y].[Y]. The van der Waals surface area contributed by atoms with Crippen molar-refractivity contribution in [2.75, 3.05) is 7.11 Å². The zero-order valence-corrected chi connectivity index (χ0v) is 27.7. The van der Waals surface area contributed by atoms with E-state index in [4.69, 9.17) is 9.47 Å². The van der Waals surface area contributed by atoms with Crippen molar-refractivity contribution in [3.8, 4) is 0 Å². The van der Waals surface area contributed by atoms with E-state index in [1.165, 1.54) is 0 Å². The third kappa shape index (κ3) is 14.6. The maximum Gasteiger partial charge on any atom is 0.0353 e. The Morgan fingerprint density at radius 1 is 1.06 bits per heavy atom. The monoisotopic (exact) mass is 975 g/mol. The molecule has 1 saturated heterocycles. The van der Waals surface area contributed by atoms with Crippen molar-refractivity contribution >= 4 is 0 Å². The van der Waals surface area contributed by atoms with Gasteiger partial charge in [-0.25, -0.2) is 0 Å².